The lowest BCUT2D eigenvalue weighted by Crippen LogP contribution is -2.04. The highest BCUT2D eigenvalue weighted by Gasteiger charge is 2.34. The third-order valence-corrected chi connectivity index (χ3v) is 27.6. The number of hydrogen-bond donors (Lipinski definition) is 0. The molecule has 3 aliphatic rings. The zero-order valence-corrected chi connectivity index (χ0v) is 69.5. The first kappa shape index (κ1) is 71.1. The highest BCUT2D eigenvalue weighted by Crippen LogP contribution is 2.59. The highest BCUT2D eigenvalue weighted by molar-refractivity contribution is 6.39. The Labute approximate surface area is 739 Å². The van der Waals surface area contributed by atoms with E-state index in [0.29, 0.717) is 11.9 Å². The molecule has 27 aromatic rings. The quantitative estimate of drug-likeness (QED) is 0.155. The van der Waals surface area contributed by atoms with Crippen LogP contribution in [-0.2, 0) is 0 Å². The molecule has 0 unspecified atom stereocenters. The molecule has 0 saturated carbocycles. The van der Waals surface area contributed by atoms with Gasteiger partial charge in [-0.3, -0.25) is 13.7 Å². The third kappa shape index (κ3) is 10.2. The smallest absolute Gasteiger partial charge is 0.235 e. The summed E-state index contributed by atoms with van der Waals surface area (Å²) < 4.78 is 6.88. The SMILES string of the molecule is c1ccc(-c2cc(-c3ccccc3)nc(-n3c4cccc5c4c4c6c(cccc6ccc43)-c3c-5c4ccccc4c4ccccc34)n2)cc1.c1ccc(-c2cccc(-n3c4cccc5c4c4c6c(cccc6ccc43)-c3c-5c4ccccc4c4ccccc34)n2)cc1.c1cnc(-n2c3cccc4c3c3c5c(cccc5ccc32)-c2c-4c3ccccc3c3ccccc23)nc1. The van der Waals surface area contributed by atoms with E-state index in [4.69, 9.17) is 15.0 Å². The Bertz CT molecular complexity index is 9510. The fraction of sp³-hybridized carbons (Fsp3) is 0. The van der Waals surface area contributed by atoms with Crippen LogP contribution in [0.15, 0.2) is 425 Å². The molecule has 0 bridgehead atoms. The Hall–Kier alpha value is -17.3. The van der Waals surface area contributed by atoms with Gasteiger partial charge in [0.1, 0.15) is 5.82 Å². The van der Waals surface area contributed by atoms with Gasteiger partial charge in [0.2, 0.25) is 11.9 Å². The summed E-state index contributed by atoms with van der Waals surface area (Å²) in [6, 6.07) is 149. The molecule has 8 nitrogen and oxygen atoms in total. The summed E-state index contributed by atoms with van der Waals surface area (Å²) in [6.45, 7) is 0. The van der Waals surface area contributed by atoms with Crippen molar-refractivity contribution in [2.75, 3.05) is 0 Å². The van der Waals surface area contributed by atoms with Crippen LogP contribution >= 0.6 is 0 Å². The molecule has 21 aromatic carbocycles. The zero-order valence-electron chi connectivity index (χ0n) is 69.5. The second kappa shape index (κ2) is 27.6. The second-order valence-corrected chi connectivity index (χ2v) is 34.2. The fourth-order valence-electron chi connectivity index (χ4n) is 22.6. The minimum Gasteiger partial charge on any atom is -0.294 e. The molecule has 0 saturated heterocycles. The van der Waals surface area contributed by atoms with Crippen molar-refractivity contribution in [2.24, 2.45) is 0 Å². The van der Waals surface area contributed by atoms with Crippen molar-refractivity contribution >= 4 is 162 Å². The maximum Gasteiger partial charge on any atom is 0.235 e. The molecular formula is C121H70N8. The van der Waals surface area contributed by atoms with Crippen molar-refractivity contribution in [3.63, 3.8) is 0 Å². The van der Waals surface area contributed by atoms with E-state index in [2.05, 4.69) is 412 Å². The van der Waals surface area contributed by atoms with E-state index in [1.54, 1.807) is 0 Å². The Morgan fingerprint density at radius 3 is 0.783 bits per heavy atom. The molecule has 3 aliphatic carbocycles. The van der Waals surface area contributed by atoms with Gasteiger partial charge in [-0.2, -0.15) is 0 Å². The predicted octanol–water partition coefficient (Wildman–Crippen LogP) is 31.6. The average Bonchev–Trinajstić information content (AvgIpc) is 1.54. The molecule has 0 amide bonds. The maximum absolute atomic E-state index is 5.31. The lowest BCUT2D eigenvalue weighted by atomic mass is 9.84. The number of rotatable bonds is 6. The van der Waals surface area contributed by atoms with Crippen LogP contribution in [0.4, 0.5) is 0 Å². The van der Waals surface area contributed by atoms with Gasteiger partial charge >= 0.3 is 0 Å². The second-order valence-electron chi connectivity index (χ2n) is 34.2. The van der Waals surface area contributed by atoms with Gasteiger partial charge in [0, 0.05) is 61.4 Å². The number of aromatic nitrogens is 8. The lowest BCUT2D eigenvalue weighted by molar-refractivity contribution is 0.989. The molecule has 0 spiro atoms. The van der Waals surface area contributed by atoms with E-state index in [9.17, 15) is 0 Å². The first-order valence-corrected chi connectivity index (χ1v) is 44.2. The maximum atomic E-state index is 5.31. The van der Waals surface area contributed by atoms with Crippen molar-refractivity contribution < 1.29 is 0 Å². The molecule has 8 heteroatoms. The molecule has 129 heavy (non-hydrogen) atoms. The van der Waals surface area contributed by atoms with Crippen LogP contribution in [0.3, 0.4) is 0 Å². The molecular weight excluding hydrogens is 1570 g/mol. The summed E-state index contributed by atoms with van der Waals surface area (Å²) in [5, 5.41) is 30.7. The topological polar surface area (TPSA) is 79.2 Å². The number of fused-ring (bicyclic) bond motifs is 24. The largest absolute Gasteiger partial charge is 0.294 e. The van der Waals surface area contributed by atoms with Gasteiger partial charge in [-0.15, -0.1) is 0 Å². The van der Waals surface area contributed by atoms with Gasteiger partial charge in [0.25, 0.3) is 0 Å². The Balaban J connectivity index is 0.0000000985. The van der Waals surface area contributed by atoms with Crippen LogP contribution in [0.2, 0.25) is 0 Å². The normalized spacial score (nSPS) is 12.2. The van der Waals surface area contributed by atoms with E-state index >= 15 is 0 Å². The lowest BCUT2D eigenvalue weighted by Gasteiger charge is -2.19. The van der Waals surface area contributed by atoms with Gasteiger partial charge in [-0.05, 0) is 224 Å². The predicted molar refractivity (Wildman–Crippen MR) is 538 cm³/mol. The van der Waals surface area contributed by atoms with Crippen molar-refractivity contribution in [1.29, 1.82) is 0 Å². The number of benzene rings is 21. The van der Waals surface area contributed by atoms with E-state index < -0.39 is 0 Å². The van der Waals surface area contributed by atoms with Gasteiger partial charge in [0.15, 0.2) is 0 Å². The van der Waals surface area contributed by atoms with E-state index in [1.807, 2.05) is 36.7 Å². The molecule has 0 fully saturated rings. The van der Waals surface area contributed by atoms with Crippen LogP contribution in [0.25, 0.3) is 281 Å². The van der Waals surface area contributed by atoms with Crippen LogP contribution in [0.1, 0.15) is 0 Å². The molecule has 0 aliphatic heterocycles. The Morgan fingerprint density at radius 1 is 0.163 bits per heavy atom. The molecule has 6 aromatic heterocycles. The summed E-state index contributed by atoms with van der Waals surface area (Å²) in [7, 11) is 0. The van der Waals surface area contributed by atoms with Crippen molar-refractivity contribution in [1.82, 2.24) is 38.6 Å². The standard InChI is InChI=1S/C46H27N3.C41H24N2.C34H19N3/c1-3-13-28(14-4-1)37-27-38(29-15-5-2-6-16-29)48-46(47-37)49-39-24-12-23-36-43-34-21-10-8-19-32(34)31-18-7-9-20-33(31)42(43)35-22-11-17-30-25-26-40(49)45(41(30)35)44(36)39;1-2-11-25(12-3-1)33-20-10-22-36(42-33)43-34-21-9-19-32-39-30-17-7-5-15-28(30)27-14-4-6-16-29(27)38(39)31-18-8-13-26-23-24-35(43)41(37(26)31)40(32)34;1-3-11-23-21(9-1)22-10-2-4-12-24(22)31-26-14-6-15-27-32(26)33-28(37(27)34-35-18-7-19-36-34)17-16-20-8-5-13-25(29(20)33)30(23)31/h1-27H;1-24H;1-19H. The molecule has 0 atom stereocenters. The van der Waals surface area contributed by atoms with E-state index in [1.165, 1.54) is 207 Å². The molecule has 0 N–H and O–H groups in total. The summed E-state index contributed by atoms with van der Waals surface area (Å²) in [6.07, 6.45) is 3.63. The van der Waals surface area contributed by atoms with Crippen molar-refractivity contribution in [3.8, 4) is 118 Å². The van der Waals surface area contributed by atoms with Crippen LogP contribution < -0.4 is 0 Å². The van der Waals surface area contributed by atoms with Crippen LogP contribution in [-0.4, -0.2) is 38.6 Å². The molecule has 30 rings (SSSR count). The summed E-state index contributed by atoms with van der Waals surface area (Å²) in [5.74, 6) is 2.29. The number of nitrogens with zero attached hydrogens (tertiary/aromatic N) is 8. The first-order chi connectivity index (χ1) is 64.1. The number of hydrogen-bond acceptors (Lipinski definition) is 5. The third-order valence-electron chi connectivity index (χ3n) is 27.6. The summed E-state index contributed by atoms with van der Waals surface area (Å²) >= 11 is 0. The van der Waals surface area contributed by atoms with Gasteiger partial charge in [-0.25, -0.2) is 24.9 Å². The number of pyridine rings is 1. The minimum absolute atomic E-state index is 0.665. The minimum atomic E-state index is 0.665. The highest BCUT2D eigenvalue weighted by atomic mass is 15.2. The average molecular weight is 1640 g/mol. The summed E-state index contributed by atoms with van der Waals surface area (Å²) in [5.41, 5.74) is 28.3. The fourth-order valence-corrected chi connectivity index (χ4v) is 22.6. The van der Waals surface area contributed by atoms with Gasteiger partial charge < -0.3 is 0 Å². The van der Waals surface area contributed by atoms with Crippen LogP contribution in [0, 0.1) is 0 Å². The molecule has 0 radical (unpaired) electrons. The first-order valence-electron chi connectivity index (χ1n) is 44.2. The van der Waals surface area contributed by atoms with Crippen LogP contribution in [0.5, 0.6) is 0 Å². The monoisotopic (exact) mass is 1630 g/mol. The molecule has 594 valence electrons. The Morgan fingerprint density at radius 2 is 0.434 bits per heavy atom. The van der Waals surface area contributed by atoms with Gasteiger partial charge in [-0.1, -0.05) is 352 Å². The van der Waals surface area contributed by atoms with Crippen molar-refractivity contribution in [2.45, 2.75) is 0 Å². The van der Waals surface area contributed by atoms with Crippen molar-refractivity contribution in [3.05, 3.63) is 425 Å². The summed E-state index contributed by atoms with van der Waals surface area (Å²) in [4.78, 5) is 25.2. The Kier molecular flexibility index (Phi) is 15.2. The molecule has 6 heterocycles. The van der Waals surface area contributed by atoms with Gasteiger partial charge in [0.05, 0.1) is 50.2 Å². The van der Waals surface area contributed by atoms with E-state index in [-0.39, 0.29) is 0 Å². The van der Waals surface area contributed by atoms with E-state index in [0.717, 1.165) is 61.7 Å². The zero-order chi connectivity index (χ0) is 84.2.